The van der Waals surface area contributed by atoms with Crippen molar-refractivity contribution in [2.24, 2.45) is 9.98 Å². The van der Waals surface area contributed by atoms with Gasteiger partial charge in [0.15, 0.2) is 11.5 Å². The second kappa shape index (κ2) is 3.81. The minimum absolute atomic E-state index is 0.291. The molecule has 16 heavy (non-hydrogen) atoms. The first-order chi connectivity index (χ1) is 7.92. The van der Waals surface area contributed by atoms with E-state index in [0.717, 1.165) is 22.9 Å². The van der Waals surface area contributed by atoms with E-state index in [9.17, 15) is 0 Å². The average Bonchev–Trinajstić information content (AvgIpc) is 2.77. The zero-order chi connectivity index (χ0) is 10.8. The Hall–Kier alpha value is -2.10. The zero-order valence-corrected chi connectivity index (χ0v) is 8.59. The van der Waals surface area contributed by atoms with Gasteiger partial charge in [0.2, 0.25) is 6.79 Å². The van der Waals surface area contributed by atoms with Gasteiger partial charge in [0.1, 0.15) is 0 Å². The molecule has 2 aliphatic rings. The van der Waals surface area contributed by atoms with Crippen molar-refractivity contribution in [3.05, 3.63) is 30.4 Å². The van der Waals surface area contributed by atoms with Gasteiger partial charge in [0.05, 0.1) is 17.9 Å². The van der Waals surface area contributed by atoms with Crippen molar-refractivity contribution in [3.8, 4) is 11.5 Å². The lowest BCUT2D eigenvalue weighted by Crippen LogP contribution is -2.02. The van der Waals surface area contributed by atoms with Crippen LogP contribution in [0, 0.1) is 0 Å². The molecule has 0 amide bonds. The van der Waals surface area contributed by atoms with Gasteiger partial charge >= 0.3 is 0 Å². The molecular weight excluding hydrogens is 204 g/mol. The molecule has 4 heteroatoms. The highest BCUT2D eigenvalue weighted by molar-refractivity contribution is 6.03. The summed E-state index contributed by atoms with van der Waals surface area (Å²) in [4.78, 5) is 8.60. The Morgan fingerprint density at radius 3 is 3.00 bits per heavy atom. The van der Waals surface area contributed by atoms with Crippen molar-refractivity contribution in [3.63, 3.8) is 0 Å². The maximum absolute atomic E-state index is 5.29. The smallest absolute Gasteiger partial charge is 0.231 e. The number of aliphatic imine (C=N–C) groups is 2. The Morgan fingerprint density at radius 1 is 1.19 bits per heavy atom. The normalized spacial score (nSPS) is 19.4. The lowest BCUT2D eigenvalue weighted by atomic mass is 10.2. The molecule has 0 N–H and O–H groups in total. The minimum Gasteiger partial charge on any atom is -0.454 e. The van der Waals surface area contributed by atoms with Gasteiger partial charge in [-0.2, -0.15) is 0 Å². The number of hydrogen-bond donors (Lipinski definition) is 0. The van der Waals surface area contributed by atoms with E-state index in [1.54, 1.807) is 6.21 Å². The van der Waals surface area contributed by atoms with Gasteiger partial charge in [-0.05, 0) is 24.3 Å². The largest absolute Gasteiger partial charge is 0.454 e. The first-order valence-electron chi connectivity index (χ1n) is 5.05. The van der Waals surface area contributed by atoms with Crippen LogP contribution in [-0.4, -0.2) is 25.3 Å². The lowest BCUT2D eigenvalue weighted by molar-refractivity contribution is 0.174. The molecule has 0 aliphatic carbocycles. The number of dihydropyridines is 1. The summed E-state index contributed by atoms with van der Waals surface area (Å²) < 4.78 is 10.5. The van der Waals surface area contributed by atoms with Crippen molar-refractivity contribution < 1.29 is 9.47 Å². The van der Waals surface area contributed by atoms with E-state index in [2.05, 4.69) is 9.98 Å². The molecule has 0 fully saturated rings. The zero-order valence-electron chi connectivity index (χ0n) is 8.59. The van der Waals surface area contributed by atoms with E-state index in [1.165, 1.54) is 0 Å². The molecule has 0 atom stereocenters. The molecule has 0 aromatic heterocycles. The van der Waals surface area contributed by atoms with Gasteiger partial charge in [-0.25, -0.2) is 0 Å². The maximum atomic E-state index is 5.29. The van der Waals surface area contributed by atoms with Crippen LogP contribution >= 0.6 is 0 Å². The summed E-state index contributed by atoms with van der Waals surface area (Å²) in [7, 11) is 0. The molecular formula is C12H10N2O2. The number of nitrogens with zero attached hydrogens (tertiary/aromatic N) is 2. The molecule has 0 saturated heterocycles. The van der Waals surface area contributed by atoms with Gasteiger partial charge < -0.3 is 9.47 Å². The fraction of sp³-hybridized carbons (Fsp3) is 0.167. The number of rotatable bonds is 1. The fourth-order valence-electron chi connectivity index (χ4n) is 1.61. The minimum atomic E-state index is 0.291. The monoisotopic (exact) mass is 214 g/mol. The number of allylic oxidation sites excluding steroid dienone is 1. The summed E-state index contributed by atoms with van der Waals surface area (Å²) in [5.41, 5.74) is 1.81. The molecule has 4 nitrogen and oxygen atoms in total. The first-order valence-corrected chi connectivity index (χ1v) is 5.05. The van der Waals surface area contributed by atoms with Crippen LogP contribution in [0.25, 0.3) is 0 Å². The molecule has 1 aromatic carbocycles. The average molecular weight is 214 g/mol. The molecule has 0 saturated carbocycles. The summed E-state index contributed by atoms with van der Waals surface area (Å²) in [6.45, 7) is 0.921. The third-order valence-electron chi connectivity index (χ3n) is 2.36. The van der Waals surface area contributed by atoms with Crippen LogP contribution in [0.4, 0.5) is 5.69 Å². The van der Waals surface area contributed by atoms with E-state index < -0.39 is 0 Å². The quantitative estimate of drug-likeness (QED) is 0.718. The second-order valence-corrected chi connectivity index (χ2v) is 3.49. The topological polar surface area (TPSA) is 43.2 Å². The van der Waals surface area contributed by atoms with E-state index in [1.807, 2.05) is 30.4 Å². The van der Waals surface area contributed by atoms with Crippen LogP contribution in [0.1, 0.15) is 0 Å². The van der Waals surface area contributed by atoms with E-state index in [-0.39, 0.29) is 0 Å². The number of ether oxygens (including phenoxy) is 2. The Bertz CT molecular complexity index is 504. The first kappa shape index (κ1) is 9.15. The summed E-state index contributed by atoms with van der Waals surface area (Å²) in [5.74, 6) is 1.53. The van der Waals surface area contributed by atoms with Crippen LogP contribution in [-0.2, 0) is 0 Å². The molecule has 80 valence electrons. The van der Waals surface area contributed by atoms with Gasteiger partial charge in [0, 0.05) is 12.3 Å². The van der Waals surface area contributed by atoms with Gasteiger partial charge in [0.25, 0.3) is 0 Å². The van der Waals surface area contributed by atoms with Gasteiger partial charge in [-0.1, -0.05) is 0 Å². The van der Waals surface area contributed by atoms with Gasteiger partial charge in [-0.3, -0.25) is 9.98 Å². The second-order valence-electron chi connectivity index (χ2n) is 3.49. The molecule has 0 bridgehead atoms. The molecule has 2 aliphatic heterocycles. The third kappa shape index (κ3) is 1.69. The van der Waals surface area contributed by atoms with Crippen molar-refractivity contribution >= 4 is 17.6 Å². The number of benzene rings is 1. The highest BCUT2D eigenvalue weighted by Gasteiger charge is 2.12. The van der Waals surface area contributed by atoms with Crippen molar-refractivity contribution in [1.29, 1.82) is 0 Å². The highest BCUT2D eigenvalue weighted by atomic mass is 16.7. The molecule has 0 unspecified atom stereocenters. The summed E-state index contributed by atoms with van der Waals surface area (Å²) >= 11 is 0. The predicted octanol–water partition coefficient (Wildman–Crippen LogP) is 2.13. The third-order valence-corrected chi connectivity index (χ3v) is 2.36. The van der Waals surface area contributed by atoms with Crippen molar-refractivity contribution in [2.75, 3.05) is 13.3 Å². The standard InChI is InChI=1S/C12H10N2O2/c1-2-10(7-13-5-1)14-9-3-4-11-12(6-9)16-8-15-11/h1-6H,7-8H2. The predicted molar refractivity (Wildman–Crippen MR) is 62.2 cm³/mol. The Morgan fingerprint density at radius 2 is 2.12 bits per heavy atom. The van der Waals surface area contributed by atoms with E-state index in [0.29, 0.717) is 13.3 Å². The highest BCUT2D eigenvalue weighted by Crippen LogP contribution is 2.35. The summed E-state index contributed by atoms with van der Waals surface area (Å²) in [6, 6.07) is 5.66. The van der Waals surface area contributed by atoms with Crippen molar-refractivity contribution in [2.45, 2.75) is 0 Å². The molecule has 1 aromatic rings. The van der Waals surface area contributed by atoms with Crippen LogP contribution in [0.3, 0.4) is 0 Å². The Labute approximate surface area is 92.9 Å². The van der Waals surface area contributed by atoms with Crippen LogP contribution in [0.2, 0.25) is 0 Å². The molecule has 2 heterocycles. The van der Waals surface area contributed by atoms with Crippen molar-refractivity contribution in [1.82, 2.24) is 0 Å². The number of fused-ring (bicyclic) bond motifs is 1. The summed E-state index contributed by atoms with van der Waals surface area (Å²) in [5, 5.41) is 0. The van der Waals surface area contributed by atoms with Gasteiger partial charge in [-0.15, -0.1) is 0 Å². The number of hydrogen-bond acceptors (Lipinski definition) is 4. The lowest BCUT2D eigenvalue weighted by Gasteiger charge is -2.02. The molecule has 0 radical (unpaired) electrons. The van der Waals surface area contributed by atoms with E-state index in [4.69, 9.17) is 9.47 Å². The molecule has 3 rings (SSSR count). The Balaban J connectivity index is 1.90. The Kier molecular flexibility index (Phi) is 2.18. The van der Waals surface area contributed by atoms with E-state index >= 15 is 0 Å². The summed E-state index contributed by atoms with van der Waals surface area (Å²) in [6.07, 6.45) is 5.62. The molecule has 0 spiro atoms. The van der Waals surface area contributed by atoms with Crippen LogP contribution < -0.4 is 9.47 Å². The maximum Gasteiger partial charge on any atom is 0.231 e. The SMILES string of the molecule is C1=CC(=Nc2ccc3c(c2)OCO3)CN=C1. The fourth-order valence-corrected chi connectivity index (χ4v) is 1.61. The van der Waals surface area contributed by atoms with Crippen LogP contribution in [0.5, 0.6) is 11.5 Å². The van der Waals surface area contributed by atoms with Crippen LogP contribution in [0.15, 0.2) is 40.3 Å².